The SMILES string of the molecule is C#Cc1c(-c2cnc3ccccc3c2)c2c(N)ncnc2n1C12CCC(NC(=O)c3cncc(F)c3)(CC1)C2. The van der Waals surface area contributed by atoms with Crippen molar-refractivity contribution in [1.29, 1.82) is 0 Å². The zero-order valence-electron chi connectivity index (χ0n) is 21.0. The summed E-state index contributed by atoms with van der Waals surface area (Å²) in [6, 6.07) is 11.2. The fraction of sp³-hybridized carbons (Fsp3) is 0.233. The number of nitrogen functional groups attached to an aromatic ring is 1. The van der Waals surface area contributed by atoms with Gasteiger partial charge in [-0.2, -0.15) is 0 Å². The Kier molecular flexibility index (Phi) is 4.98. The van der Waals surface area contributed by atoms with Gasteiger partial charge in [0.25, 0.3) is 5.91 Å². The van der Waals surface area contributed by atoms with Crippen LogP contribution in [0.25, 0.3) is 33.1 Å². The Hall–Kier alpha value is -4.84. The Bertz CT molecular complexity index is 1850. The molecule has 2 aliphatic rings. The molecule has 2 aliphatic carbocycles. The zero-order chi connectivity index (χ0) is 26.8. The van der Waals surface area contributed by atoms with Crippen LogP contribution in [0.4, 0.5) is 10.2 Å². The fourth-order valence-electron chi connectivity index (χ4n) is 6.72. The van der Waals surface area contributed by atoms with Gasteiger partial charge in [0.05, 0.1) is 22.7 Å². The van der Waals surface area contributed by atoms with Crippen LogP contribution in [0.2, 0.25) is 0 Å². The van der Waals surface area contributed by atoms with Gasteiger partial charge in [-0.3, -0.25) is 14.8 Å². The molecule has 7 rings (SSSR count). The number of halogens is 1. The van der Waals surface area contributed by atoms with Crippen molar-refractivity contribution in [3.63, 3.8) is 0 Å². The van der Waals surface area contributed by atoms with Crippen molar-refractivity contribution in [2.45, 2.75) is 43.2 Å². The summed E-state index contributed by atoms with van der Waals surface area (Å²) in [5, 5.41) is 4.89. The first-order chi connectivity index (χ1) is 18.9. The number of pyridine rings is 2. The molecule has 9 heteroatoms. The lowest BCUT2D eigenvalue weighted by atomic mass is 9.90. The summed E-state index contributed by atoms with van der Waals surface area (Å²) in [4.78, 5) is 30.5. The Morgan fingerprint density at radius 2 is 1.90 bits per heavy atom. The first-order valence-corrected chi connectivity index (χ1v) is 12.8. The first kappa shape index (κ1) is 23.3. The van der Waals surface area contributed by atoms with Gasteiger partial charge in [-0.05, 0) is 50.3 Å². The van der Waals surface area contributed by atoms with E-state index in [1.807, 2.05) is 30.5 Å². The van der Waals surface area contributed by atoms with E-state index in [-0.39, 0.29) is 17.0 Å². The Morgan fingerprint density at radius 1 is 1.08 bits per heavy atom. The van der Waals surface area contributed by atoms with E-state index in [2.05, 4.69) is 41.8 Å². The topological polar surface area (TPSA) is 112 Å². The number of benzene rings is 1. The van der Waals surface area contributed by atoms with Crippen molar-refractivity contribution in [3.05, 3.63) is 78.4 Å². The van der Waals surface area contributed by atoms with Crippen LogP contribution in [0.5, 0.6) is 0 Å². The molecule has 2 saturated carbocycles. The van der Waals surface area contributed by atoms with Crippen molar-refractivity contribution >= 4 is 33.7 Å². The van der Waals surface area contributed by atoms with Gasteiger partial charge in [0.2, 0.25) is 0 Å². The van der Waals surface area contributed by atoms with Crippen LogP contribution in [0.15, 0.2) is 61.3 Å². The Labute approximate surface area is 223 Å². The minimum atomic E-state index is -0.544. The molecule has 39 heavy (non-hydrogen) atoms. The minimum absolute atomic E-state index is 0.205. The van der Waals surface area contributed by atoms with Crippen molar-refractivity contribution in [1.82, 2.24) is 29.8 Å². The maximum atomic E-state index is 13.7. The molecular weight excluding hydrogens is 493 g/mol. The highest BCUT2D eigenvalue weighted by molar-refractivity contribution is 6.04. The van der Waals surface area contributed by atoms with Crippen LogP contribution in [0.3, 0.4) is 0 Å². The van der Waals surface area contributed by atoms with Crippen LogP contribution in [0, 0.1) is 18.2 Å². The largest absolute Gasteiger partial charge is 0.383 e. The number of terminal acetylenes is 1. The van der Waals surface area contributed by atoms with Gasteiger partial charge in [0, 0.05) is 40.0 Å². The summed E-state index contributed by atoms with van der Waals surface area (Å²) < 4.78 is 15.9. The number of nitrogens with two attached hydrogens (primary N) is 1. The van der Waals surface area contributed by atoms with Crippen molar-refractivity contribution < 1.29 is 9.18 Å². The highest BCUT2D eigenvalue weighted by Crippen LogP contribution is 2.57. The third-order valence-electron chi connectivity index (χ3n) is 8.42. The molecule has 2 fully saturated rings. The number of nitrogens with one attached hydrogen (secondary N) is 1. The molecule has 4 aromatic heterocycles. The van der Waals surface area contributed by atoms with E-state index in [0.717, 1.165) is 53.9 Å². The standard InChI is InChI=1S/C30H24FN7O/c1-2-23-24(19-11-18-5-3-4-6-22(18)34-14-19)25-26(32)35-17-36-27(25)38(23)30-9-7-29(16-30,8-10-30)37-28(39)20-12-21(31)15-33-13-20/h1,3-6,11-15,17H,7-10,16H2,(H,37,39)(H2,32,35,36). The molecule has 2 bridgehead atoms. The molecule has 0 atom stereocenters. The predicted octanol–water partition coefficient (Wildman–Crippen LogP) is 4.59. The molecule has 0 radical (unpaired) electrons. The van der Waals surface area contributed by atoms with E-state index in [1.54, 1.807) is 0 Å². The third-order valence-corrected chi connectivity index (χ3v) is 8.42. The quantitative estimate of drug-likeness (QED) is 0.338. The van der Waals surface area contributed by atoms with E-state index < -0.39 is 11.4 Å². The number of anilines is 1. The summed E-state index contributed by atoms with van der Waals surface area (Å²) in [5.74, 6) is 2.42. The summed E-state index contributed by atoms with van der Waals surface area (Å²) in [6.45, 7) is 0. The molecule has 1 amide bonds. The second kappa shape index (κ2) is 8.33. The van der Waals surface area contributed by atoms with E-state index in [9.17, 15) is 9.18 Å². The summed E-state index contributed by atoms with van der Waals surface area (Å²) >= 11 is 0. The van der Waals surface area contributed by atoms with Gasteiger partial charge in [-0.15, -0.1) is 6.42 Å². The van der Waals surface area contributed by atoms with Crippen molar-refractivity contribution in [2.75, 3.05) is 5.73 Å². The molecule has 3 N–H and O–H groups in total. The summed E-state index contributed by atoms with van der Waals surface area (Å²) in [7, 11) is 0. The molecule has 192 valence electrons. The number of rotatable bonds is 4. The van der Waals surface area contributed by atoms with Gasteiger partial charge in [-0.25, -0.2) is 14.4 Å². The van der Waals surface area contributed by atoms with Gasteiger partial charge in [0.1, 0.15) is 29.3 Å². The maximum absolute atomic E-state index is 13.7. The lowest BCUT2D eigenvalue weighted by Gasteiger charge is -2.30. The molecule has 1 aromatic carbocycles. The van der Waals surface area contributed by atoms with Crippen LogP contribution >= 0.6 is 0 Å². The minimum Gasteiger partial charge on any atom is -0.383 e. The normalized spacial score (nSPS) is 21.8. The van der Waals surface area contributed by atoms with Crippen molar-refractivity contribution in [2.24, 2.45) is 0 Å². The number of para-hydroxylation sites is 1. The molecule has 0 spiro atoms. The van der Waals surface area contributed by atoms with Gasteiger partial charge in [-0.1, -0.05) is 24.1 Å². The zero-order valence-corrected chi connectivity index (χ0v) is 21.0. The van der Waals surface area contributed by atoms with E-state index in [1.165, 1.54) is 18.6 Å². The number of nitrogens with zero attached hydrogens (tertiary/aromatic N) is 5. The lowest BCUT2D eigenvalue weighted by molar-refractivity contribution is 0.0900. The molecule has 5 aromatic rings. The molecular formula is C30H24FN7O. The molecule has 4 heterocycles. The van der Waals surface area contributed by atoms with Gasteiger partial charge < -0.3 is 15.6 Å². The highest BCUT2D eigenvalue weighted by Gasteiger charge is 2.57. The molecule has 0 aliphatic heterocycles. The molecule has 0 saturated heterocycles. The number of aromatic nitrogens is 5. The fourth-order valence-corrected chi connectivity index (χ4v) is 6.72. The van der Waals surface area contributed by atoms with E-state index >= 15 is 0 Å². The number of carbonyl (C=O) groups excluding carboxylic acids is 1. The van der Waals surface area contributed by atoms with E-state index in [0.29, 0.717) is 29.0 Å². The Morgan fingerprint density at radius 3 is 2.69 bits per heavy atom. The van der Waals surface area contributed by atoms with Crippen LogP contribution in [-0.4, -0.2) is 35.9 Å². The van der Waals surface area contributed by atoms with Crippen LogP contribution in [0.1, 0.15) is 48.2 Å². The third kappa shape index (κ3) is 3.48. The highest BCUT2D eigenvalue weighted by atomic mass is 19.1. The summed E-state index contributed by atoms with van der Waals surface area (Å²) in [6.07, 6.45) is 15.8. The number of hydrogen-bond donors (Lipinski definition) is 2. The monoisotopic (exact) mass is 517 g/mol. The first-order valence-electron chi connectivity index (χ1n) is 12.8. The van der Waals surface area contributed by atoms with Gasteiger partial charge in [0.15, 0.2) is 0 Å². The van der Waals surface area contributed by atoms with Crippen molar-refractivity contribution in [3.8, 4) is 23.5 Å². The Balaban J connectivity index is 1.35. The number of amides is 1. The average molecular weight is 518 g/mol. The molecule has 0 unspecified atom stereocenters. The number of carbonyl (C=O) groups is 1. The van der Waals surface area contributed by atoms with Crippen LogP contribution in [-0.2, 0) is 5.54 Å². The average Bonchev–Trinajstić information content (AvgIpc) is 3.61. The second-order valence-electron chi connectivity index (χ2n) is 10.6. The number of fused-ring (bicyclic) bond motifs is 4. The summed E-state index contributed by atoms with van der Waals surface area (Å²) in [5.41, 5.74) is 9.73. The second-order valence-corrected chi connectivity index (χ2v) is 10.6. The van der Waals surface area contributed by atoms with Gasteiger partial charge >= 0.3 is 0 Å². The molecule has 8 nitrogen and oxygen atoms in total. The lowest BCUT2D eigenvalue weighted by Crippen LogP contribution is -2.45. The number of hydrogen-bond acceptors (Lipinski definition) is 6. The predicted molar refractivity (Wildman–Crippen MR) is 146 cm³/mol. The smallest absolute Gasteiger partial charge is 0.253 e. The van der Waals surface area contributed by atoms with E-state index in [4.69, 9.17) is 12.2 Å². The maximum Gasteiger partial charge on any atom is 0.253 e. The van der Waals surface area contributed by atoms with Crippen LogP contribution < -0.4 is 11.1 Å².